The maximum Gasteiger partial charge on any atom is 0.0672 e. The molecule has 0 spiro atoms. The highest BCUT2D eigenvalue weighted by molar-refractivity contribution is 7.08. The van der Waals surface area contributed by atoms with Gasteiger partial charge in [0.1, 0.15) is 0 Å². The van der Waals surface area contributed by atoms with E-state index >= 15 is 0 Å². The predicted molar refractivity (Wildman–Crippen MR) is 152 cm³/mol. The maximum atomic E-state index is 11.2. The molecule has 3 nitrogen and oxygen atoms in total. The first-order valence-corrected chi connectivity index (χ1v) is 14.8. The summed E-state index contributed by atoms with van der Waals surface area (Å²) in [7, 11) is 0. The molecule has 0 aliphatic carbocycles. The van der Waals surface area contributed by atoms with Crippen LogP contribution in [0.4, 0.5) is 0 Å². The number of aryl methyl sites for hydroxylation is 1. The highest BCUT2D eigenvalue weighted by atomic mass is 35.5. The summed E-state index contributed by atoms with van der Waals surface area (Å²) >= 11 is 14.2. The number of hydrogen-bond donors (Lipinski definition) is 1. The average Bonchev–Trinajstić information content (AvgIpc) is 3.54. The number of thiophene rings is 1. The van der Waals surface area contributed by atoms with Crippen molar-refractivity contribution in [1.82, 2.24) is 9.80 Å². The molecule has 0 amide bonds. The third-order valence-electron chi connectivity index (χ3n) is 8.11. The number of rotatable bonds is 9. The van der Waals surface area contributed by atoms with Crippen molar-refractivity contribution in [1.29, 1.82) is 0 Å². The van der Waals surface area contributed by atoms with E-state index in [-0.39, 0.29) is 0 Å². The van der Waals surface area contributed by atoms with Gasteiger partial charge in [0.15, 0.2) is 0 Å². The van der Waals surface area contributed by atoms with Crippen LogP contribution in [0.2, 0.25) is 10.0 Å². The van der Waals surface area contributed by atoms with Gasteiger partial charge in [0.2, 0.25) is 0 Å². The Morgan fingerprint density at radius 3 is 2.44 bits per heavy atom. The monoisotopic (exact) mass is 542 g/mol. The van der Waals surface area contributed by atoms with Crippen molar-refractivity contribution in [2.24, 2.45) is 5.92 Å². The van der Waals surface area contributed by atoms with Gasteiger partial charge in [0.25, 0.3) is 0 Å². The number of nitrogens with zero attached hydrogens (tertiary/aromatic N) is 2. The van der Waals surface area contributed by atoms with Crippen LogP contribution in [0.25, 0.3) is 0 Å². The van der Waals surface area contributed by atoms with Gasteiger partial charge in [-0.3, -0.25) is 4.90 Å². The van der Waals surface area contributed by atoms with Gasteiger partial charge in [-0.05, 0) is 83.7 Å². The Morgan fingerprint density at radius 1 is 0.917 bits per heavy atom. The van der Waals surface area contributed by atoms with Gasteiger partial charge in [-0.15, -0.1) is 0 Å². The molecule has 6 heteroatoms. The summed E-state index contributed by atoms with van der Waals surface area (Å²) < 4.78 is 0. The van der Waals surface area contributed by atoms with Crippen molar-refractivity contribution in [2.75, 3.05) is 32.7 Å². The molecule has 0 radical (unpaired) electrons. The second-order valence-corrected chi connectivity index (χ2v) is 12.3. The number of piperidine rings is 1. The zero-order valence-corrected chi connectivity index (χ0v) is 23.1. The number of hydrogen-bond acceptors (Lipinski definition) is 4. The third kappa shape index (κ3) is 6.72. The Labute approximate surface area is 229 Å². The number of halogens is 2. The van der Waals surface area contributed by atoms with Crippen LogP contribution in [0, 0.1) is 5.92 Å². The Morgan fingerprint density at radius 2 is 1.72 bits per heavy atom. The molecule has 0 saturated carbocycles. The van der Waals surface area contributed by atoms with Crippen molar-refractivity contribution < 1.29 is 5.11 Å². The van der Waals surface area contributed by atoms with Crippen molar-refractivity contribution in [2.45, 2.75) is 50.2 Å². The Bertz CT molecular complexity index is 1100. The first kappa shape index (κ1) is 26.2. The fraction of sp³-hybridized carbons (Fsp3) is 0.467. The van der Waals surface area contributed by atoms with Gasteiger partial charge in [-0.1, -0.05) is 59.6 Å². The number of likely N-dealkylation sites (tertiary alicyclic amines) is 2. The third-order valence-corrected chi connectivity index (χ3v) is 9.55. The van der Waals surface area contributed by atoms with Crippen molar-refractivity contribution in [3.05, 3.63) is 92.1 Å². The smallest absolute Gasteiger partial charge is 0.0672 e. The van der Waals surface area contributed by atoms with E-state index in [0.29, 0.717) is 21.9 Å². The lowest BCUT2D eigenvalue weighted by molar-refractivity contribution is -0.0316. The minimum atomic E-state index is -0.506. The zero-order valence-electron chi connectivity index (χ0n) is 20.8. The van der Waals surface area contributed by atoms with Crippen molar-refractivity contribution in [3.8, 4) is 0 Å². The van der Waals surface area contributed by atoms with Crippen LogP contribution in [0.1, 0.15) is 48.3 Å². The lowest BCUT2D eigenvalue weighted by Crippen LogP contribution is -2.46. The Balaban J connectivity index is 1.15. The van der Waals surface area contributed by atoms with Gasteiger partial charge < -0.3 is 10.0 Å². The van der Waals surface area contributed by atoms with Crippen LogP contribution < -0.4 is 0 Å². The zero-order chi connectivity index (χ0) is 25.0. The van der Waals surface area contributed by atoms with E-state index in [0.717, 1.165) is 71.4 Å². The van der Waals surface area contributed by atoms with Crippen LogP contribution in [-0.4, -0.2) is 53.2 Å². The van der Waals surface area contributed by atoms with Gasteiger partial charge in [-0.25, -0.2) is 0 Å². The molecule has 2 fully saturated rings. The molecule has 1 N–H and O–H groups in total. The van der Waals surface area contributed by atoms with Gasteiger partial charge >= 0.3 is 0 Å². The molecule has 2 aliphatic rings. The van der Waals surface area contributed by atoms with Crippen LogP contribution >= 0.6 is 34.5 Å². The van der Waals surface area contributed by atoms with Crippen molar-refractivity contribution in [3.63, 3.8) is 0 Å². The van der Waals surface area contributed by atoms with Gasteiger partial charge in [-0.2, -0.15) is 11.3 Å². The second kappa shape index (κ2) is 12.0. The van der Waals surface area contributed by atoms with E-state index in [1.54, 1.807) is 11.3 Å². The Kier molecular flexibility index (Phi) is 8.72. The molecular weight excluding hydrogens is 507 g/mol. The molecule has 3 heterocycles. The lowest BCUT2D eigenvalue weighted by Gasteiger charge is -2.39. The molecule has 5 rings (SSSR count). The summed E-state index contributed by atoms with van der Waals surface area (Å²) in [6.45, 7) is 6.12. The highest BCUT2D eigenvalue weighted by Gasteiger charge is 2.37. The minimum Gasteiger partial charge on any atom is -0.390 e. The van der Waals surface area contributed by atoms with E-state index in [1.165, 1.54) is 16.7 Å². The molecule has 2 aromatic carbocycles. The SMILES string of the molecule is OC1(CCCc2ccccc2)CCN(CC2CN(Cc3ccc(Cl)c(Cl)c3)CC2c2ccsc2)CC1. The Hall–Kier alpha value is -1.40. The van der Waals surface area contributed by atoms with E-state index in [2.05, 4.69) is 63.0 Å². The molecule has 192 valence electrons. The van der Waals surface area contributed by atoms with E-state index in [4.69, 9.17) is 23.2 Å². The van der Waals surface area contributed by atoms with E-state index in [9.17, 15) is 5.11 Å². The normalized spacial score (nSPS) is 22.8. The standard InChI is InChI=1S/C30H36Cl2N2OS/c31-28-9-8-24(17-29(28)32)18-34-20-26(27(21-34)25-10-16-36-22-25)19-33-14-12-30(35,13-15-33)11-4-7-23-5-2-1-3-6-23/h1-3,5-6,8-10,16-17,22,26-27,35H,4,7,11-15,18-21H2. The van der Waals surface area contributed by atoms with Crippen LogP contribution in [0.5, 0.6) is 0 Å². The van der Waals surface area contributed by atoms with E-state index < -0.39 is 5.60 Å². The number of benzene rings is 2. The molecule has 36 heavy (non-hydrogen) atoms. The molecule has 1 aromatic heterocycles. The largest absolute Gasteiger partial charge is 0.390 e. The van der Waals surface area contributed by atoms with E-state index in [1.807, 2.05) is 12.1 Å². The average molecular weight is 544 g/mol. The fourth-order valence-electron chi connectivity index (χ4n) is 6.03. The van der Waals surface area contributed by atoms with Crippen LogP contribution in [-0.2, 0) is 13.0 Å². The van der Waals surface area contributed by atoms with Crippen LogP contribution in [0.15, 0.2) is 65.4 Å². The quantitative estimate of drug-likeness (QED) is 0.311. The maximum absolute atomic E-state index is 11.2. The lowest BCUT2D eigenvalue weighted by atomic mass is 9.84. The molecule has 0 bridgehead atoms. The topological polar surface area (TPSA) is 26.7 Å². The van der Waals surface area contributed by atoms with Crippen molar-refractivity contribution >= 4 is 34.5 Å². The van der Waals surface area contributed by atoms with Crippen LogP contribution in [0.3, 0.4) is 0 Å². The summed E-state index contributed by atoms with van der Waals surface area (Å²) in [5.41, 5.74) is 3.54. The summed E-state index contributed by atoms with van der Waals surface area (Å²) in [4.78, 5) is 5.16. The molecule has 2 aliphatic heterocycles. The summed E-state index contributed by atoms with van der Waals surface area (Å²) in [6.07, 6.45) is 4.75. The molecule has 2 unspecified atom stereocenters. The molecule has 2 saturated heterocycles. The first-order valence-electron chi connectivity index (χ1n) is 13.1. The summed E-state index contributed by atoms with van der Waals surface area (Å²) in [6, 6.07) is 18.9. The van der Waals surface area contributed by atoms with Gasteiger partial charge in [0.05, 0.1) is 15.6 Å². The number of aliphatic hydroxyl groups is 1. The summed E-state index contributed by atoms with van der Waals surface area (Å²) in [5.74, 6) is 1.14. The fourth-order valence-corrected chi connectivity index (χ4v) is 7.08. The minimum absolute atomic E-state index is 0.506. The second-order valence-electron chi connectivity index (χ2n) is 10.7. The predicted octanol–water partition coefficient (Wildman–Crippen LogP) is 7.12. The molecule has 2 atom stereocenters. The first-order chi connectivity index (χ1) is 17.5. The molecule has 3 aromatic rings. The van der Waals surface area contributed by atoms with Gasteiger partial charge in [0, 0.05) is 45.2 Å². The highest BCUT2D eigenvalue weighted by Crippen LogP contribution is 2.37. The molecular formula is C30H36Cl2N2OS. The summed E-state index contributed by atoms with van der Waals surface area (Å²) in [5, 5.41) is 17.0.